The molecule has 0 amide bonds. The van der Waals surface area contributed by atoms with Crippen LogP contribution in [0.1, 0.15) is 49.4 Å². The number of esters is 1. The molecule has 7 nitrogen and oxygen atoms in total. The first kappa shape index (κ1) is 28.9. The lowest BCUT2D eigenvalue weighted by Gasteiger charge is -2.37. The third-order valence-corrected chi connectivity index (χ3v) is 8.82. The third-order valence-electron chi connectivity index (χ3n) is 7.62. The van der Waals surface area contributed by atoms with Crippen LogP contribution >= 0.6 is 22.9 Å². The number of nitrogens with zero attached hydrogens (tertiary/aromatic N) is 2. The Hall–Kier alpha value is -2.65. The fourth-order valence-corrected chi connectivity index (χ4v) is 6.58. The number of nitrogens with one attached hydrogen (secondary N) is 1. The Labute approximate surface area is 245 Å². The second-order valence-electron chi connectivity index (χ2n) is 11.5. The van der Waals surface area contributed by atoms with Crippen molar-refractivity contribution in [3.05, 3.63) is 63.0 Å². The molecule has 3 aromatic rings. The number of thiazole rings is 1. The average Bonchev–Trinajstić information content (AvgIpc) is 3.42. The van der Waals surface area contributed by atoms with E-state index in [1.165, 1.54) is 22.3 Å². The zero-order chi connectivity index (χ0) is 28.4. The van der Waals surface area contributed by atoms with Crippen molar-refractivity contribution in [3.63, 3.8) is 0 Å². The first-order chi connectivity index (χ1) is 19.1. The van der Waals surface area contributed by atoms with Crippen LogP contribution in [0.5, 0.6) is 5.75 Å². The Morgan fingerprint density at radius 2 is 2.08 bits per heavy atom. The van der Waals surface area contributed by atoms with Crippen molar-refractivity contribution in [1.29, 1.82) is 0 Å². The molecule has 1 saturated heterocycles. The minimum Gasteiger partial charge on any atom is -0.487 e. The molecule has 0 bridgehead atoms. The van der Waals surface area contributed by atoms with Crippen LogP contribution in [0.15, 0.2) is 35.7 Å². The number of methoxy groups -OCH3 is 1. The average molecular weight is 584 g/mol. The highest BCUT2D eigenvalue weighted by molar-refractivity contribution is 7.14. The molecule has 2 aliphatic heterocycles. The van der Waals surface area contributed by atoms with Crippen LogP contribution < -0.4 is 15.0 Å². The van der Waals surface area contributed by atoms with Gasteiger partial charge in [-0.1, -0.05) is 29.8 Å². The highest BCUT2D eigenvalue weighted by atomic mass is 35.5. The number of carbonyl (C=O) groups excluding carboxylic acids is 1. The second-order valence-corrected chi connectivity index (χ2v) is 12.7. The summed E-state index contributed by atoms with van der Waals surface area (Å²) in [6.45, 7) is 11.5. The second kappa shape index (κ2) is 12.1. The molecule has 0 aliphatic carbocycles. The predicted molar refractivity (Wildman–Crippen MR) is 160 cm³/mol. The first-order valence-corrected chi connectivity index (χ1v) is 15.1. The van der Waals surface area contributed by atoms with Crippen LogP contribution in [-0.4, -0.2) is 49.4 Å². The smallest absolute Gasteiger partial charge is 0.312 e. The molecule has 1 fully saturated rings. The monoisotopic (exact) mass is 583 g/mol. The van der Waals surface area contributed by atoms with E-state index in [4.69, 9.17) is 30.8 Å². The van der Waals surface area contributed by atoms with E-state index in [2.05, 4.69) is 29.3 Å². The molecule has 0 spiro atoms. The van der Waals surface area contributed by atoms with Gasteiger partial charge in [0.1, 0.15) is 18.0 Å². The fourth-order valence-electron chi connectivity index (χ4n) is 5.48. The molecule has 0 unspecified atom stereocenters. The number of aromatic nitrogens is 1. The minimum atomic E-state index is -0.524. The van der Waals surface area contributed by atoms with E-state index >= 15 is 0 Å². The summed E-state index contributed by atoms with van der Waals surface area (Å²) in [5.41, 5.74) is 6.41. The molecule has 0 radical (unpaired) electrons. The summed E-state index contributed by atoms with van der Waals surface area (Å²) in [6.07, 6.45) is 1.41. The number of anilines is 1. The van der Waals surface area contributed by atoms with Crippen LogP contribution in [0.2, 0.25) is 5.02 Å². The van der Waals surface area contributed by atoms with Crippen LogP contribution in [-0.2, 0) is 33.8 Å². The fraction of sp³-hybridized carbons (Fsp3) is 0.484. The van der Waals surface area contributed by atoms with Crippen molar-refractivity contribution < 1.29 is 19.0 Å². The maximum Gasteiger partial charge on any atom is 0.312 e. The van der Waals surface area contributed by atoms with Gasteiger partial charge in [0, 0.05) is 37.7 Å². The zero-order valence-electron chi connectivity index (χ0n) is 23.9. The third kappa shape index (κ3) is 6.30. The summed E-state index contributed by atoms with van der Waals surface area (Å²) in [4.78, 5) is 19.9. The molecule has 9 heteroatoms. The van der Waals surface area contributed by atoms with Crippen LogP contribution in [0, 0.1) is 12.8 Å². The lowest BCUT2D eigenvalue weighted by atomic mass is 9.93. The molecular formula is C31H38ClN3O4S. The number of para-hydroxylation sites is 1. The summed E-state index contributed by atoms with van der Waals surface area (Å²) in [6, 6.07) is 10.1. The van der Waals surface area contributed by atoms with Crippen molar-refractivity contribution in [2.45, 2.75) is 65.4 Å². The number of hydrogen-bond donors (Lipinski definition) is 1. The van der Waals surface area contributed by atoms with Crippen LogP contribution in [0.3, 0.4) is 0 Å². The molecular weight excluding hydrogens is 546 g/mol. The summed E-state index contributed by atoms with van der Waals surface area (Å²) in [7, 11) is 1.65. The number of carbonyl (C=O) groups is 1. The van der Waals surface area contributed by atoms with Crippen LogP contribution in [0.4, 0.5) is 5.13 Å². The number of piperidine rings is 1. The topological polar surface area (TPSA) is 72.9 Å². The Morgan fingerprint density at radius 1 is 1.25 bits per heavy atom. The lowest BCUT2D eigenvalue weighted by molar-refractivity contribution is -0.165. The van der Waals surface area contributed by atoms with Crippen molar-refractivity contribution in [2.75, 3.05) is 31.6 Å². The van der Waals surface area contributed by atoms with Gasteiger partial charge in [0.15, 0.2) is 5.13 Å². The molecule has 2 atom stereocenters. The number of hydrogen-bond acceptors (Lipinski definition) is 8. The normalized spacial score (nSPS) is 19.3. The standard InChI is InChI=1S/C31H38ClN3O4S/c1-19-21(10-9-20-15-33-13-11-22(19)20)17-38-28-23(7-6-8-25(28)32)26-18-40-30(34-26)35-14-12-24(27(16-35)37-5)29(36)39-31(2,3)4/h6-10,18,24,27,33H,11-17H2,1-5H3/t24-,27+/m1/s1. The van der Waals surface area contributed by atoms with Gasteiger partial charge in [0.2, 0.25) is 0 Å². The zero-order valence-corrected chi connectivity index (χ0v) is 25.5. The number of benzene rings is 2. The molecule has 1 aromatic heterocycles. The lowest BCUT2D eigenvalue weighted by Crippen LogP contribution is -2.49. The number of rotatable bonds is 7. The summed E-state index contributed by atoms with van der Waals surface area (Å²) in [5, 5.41) is 6.91. The summed E-state index contributed by atoms with van der Waals surface area (Å²) >= 11 is 8.23. The van der Waals surface area contributed by atoms with E-state index in [9.17, 15) is 4.79 Å². The van der Waals surface area contributed by atoms with Crippen LogP contribution in [0.25, 0.3) is 11.3 Å². The van der Waals surface area contributed by atoms with E-state index in [0.717, 1.165) is 35.9 Å². The highest BCUT2D eigenvalue weighted by Crippen LogP contribution is 2.39. The maximum atomic E-state index is 12.8. The minimum absolute atomic E-state index is 0.203. The SMILES string of the molecule is CO[C@H]1CN(c2nc(-c3cccc(Cl)c3OCc3ccc4c(c3C)CCNC4)cs2)CC[C@H]1C(=O)OC(C)(C)C. The molecule has 0 saturated carbocycles. The maximum absolute atomic E-state index is 12.8. The molecule has 3 heterocycles. The van der Waals surface area contributed by atoms with Crippen molar-refractivity contribution in [3.8, 4) is 17.0 Å². The first-order valence-electron chi connectivity index (χ1n) is 13.8. The number of fused-ring (bicyclic) bond motifs is 1. The number of halogens is 1. The van der Waals surface area contributed by atoms with Crippen molar-refractivity contribution >= 4 is 34.0 Å². The molecule has 40 heavy (non-hydrogen) atoms. The van der Waals surface area contributed by atoms with E-state index < -0.39 is 5.60 Å². The largest absolute Gasteiger partial charge is 0.487 e. The van der Waals surface area contributed by atoms with Gasteiger partial charge in [-0.05, 0) is 81.5 Å². The molecule has 1 N–H and O–H groups in total. The Balaban J connectivity index is 1.31. The van der Waals surface area contributed by atoms with Gasteiger partial charge in [0.05, 0.1) is 22.7 Å². The van der Waals surface area contributed by atoms with Crippen molar-refractivity contribution in [1.82, 2.24) is 10.3 Å². The quantitative estimate of drug-likeness (QED) is 0.333. The van der Waals surface area contributed by atoms with Gasteiger partial charge in [-0.3, -0.25) is 4.79 Å². The van der Waals surface area contributed by atoms with Gasteiger partial charge in [-0.2, -0.15) is 0 Å². The summed E-state index contributed by atoms with van der Waals surface area (Å²) < 4.78 is 17.8. The van der Waals surface area contributed by atoms with E-state index in [1.54, 1.807) is 18.4 Å². The molecule has 2 aromatic carbocycles. The number of ether oxygens (including phenoxy) is 3. The van der Waals surface area contributed by atoms with Gasteiger partial charge in [-0.15, -0.1) is 11.3 Å². The van der Waals surface area contributed by atoms with Gasteiger partial charge in [-0.25, -0.2) is 4.98 Å². The van der Waals surface area contributed by atoms with Gasteiger partial charge in [0.25, 0.3) is 0 Å². The predicted octanol–water partition coefficient (Wildman–Crippen LogP) is 6.18. The van der Waals surface area contributed by atoms with E-state index in [0.29, 0.717) is 36.9 Å². The highest BCUT2D eigenvalue weighted by Gasteiger charge is 2.38. The molecule has 2 aliphatic rings. The van der Waals surface area contributed by atoms with Gasteiger partial charge >= 0.3 is 5.97 Å². The Bertz CT molecular complexity index is 1370. The Morgan fingerprint density at radius 3 is 2.85 bits per heavy atom. The van der Waals surface area contributed by atoms with Gasteiger partial charge < -0.3 is 24.4 Å². The van der Waals surface area contributed by atoms with E-state index in [-0.39, 0.29) is 18.0 Å². The Kier molecular flexibility index (Phi) is 8.71. The molecule has 214 valence electrons. The van der Waals surface area contributed by atoms with E-state index in [1.807, 2.05) is 44.4 Å². The molecule has 5 rings (SSSR count). The van der Waals surface area contributed by atoms with Crippen molar-refractivity contribution in [2.24, 2.45) is 5.92 Å². The summed E-state index contributed by atoms with van der Waals surface area (Å²) in [5.74, 6) is 0.139.